The molecule has 7 aromatic rings. The highest BCUT2D eigenvalue weighted by atomic mass is 32.9. The number of aromatic nitrogens is 14. The predicted molar refractivity (Wildman–Crippen MR) is 396 cm³/mol. The minimum absolute atomic E-state index is 0.00612. The summed E-state index contributed by atoms with van der Waals surface area (Å²) < 4.78 is 111. The summed E-state index contributed by atoms with van der Waals surface area (Å²) in [6.45, 7) is -11.7. The number of nitrogens with one attached hydrogen (secondary N) is 4. The van der Waals surface area contributed by atoms with Crippen molar-refractivity contribution in [2.75, 3.05) is 50.2 Å². The second-order valence-corrected chi connectivity index (χ2v) is 42.0. The van der Waals surface area contributed by atoms with Gasteiger partial charge in [-0.25, -0.2) is 24.4 Å². The molecule has 12 rings (SSSR count). The topological polar surface area (TPSA) is 575 Å². The van der Waals surface area contributed by atoms with E-state index in [0.29, 0.717) is 6.42 Å². The van der Waals surface area contributed by atoms with Crippen LogP contribution in [0.15, 0.2) is 70.9 Å². The molecule has 43 nitrogen and oxygen atoms in total. The van der Waals surface area contributed by atoms with Crippen LogP contribution in [0.1, 0.15) is 102 Å². The lowest BCUT2D eigenvalue weighted by Gasteiger charge is -2.36. The average Bonchev–Trinajstić information content (AvgIpc) is 1.76. The number of rotatable bonds is 31. The third-order valence-corrected chi connectivity index (χ3v) is 26.4. The van der Waals surface area contributed by atoms with Gasteiger partial charge >= 0.3 is 17.1 Å². The van der Waals surface area contributed by atoms with Gasteiger partial charge in [0, 0.05) is 55.4 Å². The van der Waals surface area contributed by atoms with Gasteiger partial charge in [0.25, 0.3) is 22.2 Å². The van der Waals surface area contributed by atoms with Gasteiger partial charge in [0.05, 0.1) is 88.0 Å². The van der Waals surface area contributed by atoms with Crippen molar-refractivity contribution in [3.05, 3.63) is 121 Å². The zero-order chi connectivity index (χ0) is 78.7. The summed E-state index contributed by atoms with van der Waals surface area (Å²) in [5.41, 5.74) is 8.20. The van der Waals surface area contributed by atoms with Gasteiger partial charge in [-0.1, -0.05) is 61.1 Å². The van der Waals surface area contributed by atoms with Crippen LogP contribution in [0.5, 0.6) is 0 Å². The molecule has 5 aliphatic heterocycles. The minimum atomic E-state index is -4.88. The number of aromatic amines is 4. The molecule has 0 radical (unpaired) electrons. The van der Waals surface area contributed by atoms with E-state index in [1.165, 1.54) is 64.9 Å². The number of ether oxygens (including phenoxy) is 5. The molecule has 20 atom stereocenters. The Kier molecular flexibility index (Phi) is 25.7. The number of nitrogen functional groups attached to an aromatic ring is 3. The van der Waals surface area contributed by atoms with E-state index in [9.17, 15) is 52.8 Å². The summed E-state index contributed by atoms with van der Waals surface area (Å²) in [6.07, 6.45) is -12.3. The van der Waals surface area contributed by atoms with Gasteiger partial charge in [-0.2, -0.15) is 15.0 Å². The van der Waals surface area contributed by atoms with Crippen LogP contribution >= 0.6 is 32.6 Å². The molecule has 5 fully saturated rings. The van der Waals surface area contributed by atoms with Gasteiger partial charge in [0.15, 0.2) is 29.1 Å². The van der Waals surface area contributed by atoms with Gasteiger partial charge < -0.3 is 125 Å². The summed E-state index contributed by atoms with van der Waals surface area (Å²) in [5.74, 6) is -0.828. The smallest absolute Gasteiger partial charge is 0.351 e. The molecule has 5 saturated heterocycles. The van der Waals surface area contributed by atoms with E-state index in [2.05, 4.69) is 44.9 Å². The Morgan fingerprint density at radius 3 is 1.37 bits per heavy atom. The van der Waals surface area contributed by atoms with Gasteiger partial charge in [-0.15, -0.1) is 0 Å². The molecule has 0 amide bonds. The van der Waals surface area contributed by atoms with Crippen LogP contribution in [-0.4, -0.2) is 162 Å². The Labute approximate surface area is 645 Å². The second-order valence-electron chi connectivity index (χ2n) is 26.2. The Morgan fingerprint density at radius 2 is 0.917 bits per heavy atom. The maximum absolute atomic E-state index is 14.7. The Hall–Kier alpha value is -4.85. The maximum atomic E-state index is 14.7. The number of anilines is 3. The minimum Gasteiger partial charge on any atom is -0.780 e. The summed E-state index contributed by atoms with van der Waals surface area (Å²) in [4.78, 5) is 162. The lowest BCUT2D eigenvalue weighted by atomic mass is 9.89. The highest BCUT2D eigenvalue weighted by molar-refractivity contribution is 8.51. The molecule has 0 bridgehead atoms. The van der Waals surface area contributed by atoms with Crippen LogP contribution in [0.2, 0.25) is 0 Å². The molecule has 0 saturated carbocycles. The lowest BCUT2D eigenvalue weighted by molar-refractivity contribution is -0.219. The van der Waals surface area contributed by atoms with Crippen molar-refractivity contribution < 1.29 is 88.2 Å². The fraction of sp³-hybridized carbons (Fsp3) is 0.600. The van der Waals surface area contributed by atoms with Crippen LogP contribution in [0.3, 0.4) is 0 Å². The molecule has 0 spiro atoms. The van der Waals surface area contributed by atoms with E-state index in [1.54, 1.807) is 13.8 Å². The maximum Gasteiger partial charge on any atom is 0.351 e. The first kappa shape index (κ1) is 83.6. The summed E-state index contributed by atoms with van der Waals surface area (Å²) in [6, 6.07) is 1.43. The summed E-state index contributed by atoms with van der Waals surface area (Å²) >= 11 is 33.1. The molecule has 0 aromatic carbocycles. The number of hydrogen-bond acceptors (Lipinski definition) is 40. The monoisotopic (exact) mass is 1730 g/mol. The summed E-state index contributed by atoms with van der Waals surface area (Å²) in [5, 5.41) is 0. The van der Waals surface area contributed by atoms with Crippen molar-refractivity contribution >= 4 is 144 Å². The molecule has 54 heteroatoms. The van der Waals surface area contributed by atoms with E-state index >= 15 is 0 Å². The SMILES string of the molecule is Cc1cn([C@H]2CC(OP(=O)([S-])OC[C@H]3O[C@@H](n4cnc5c(=O)[nH]c(N)nc54)CC3OP([O-])(=S)OC[C@H]3O[C@@H](n4cc(C)c(=O)[nH]c4=O)CC3OP([O-])(=S)OC[C@H]3O[C@@H](n4ccc(N)nc4=O)CC3C(C)C)[C@@H](COP(=S)([S-])OC3C[C@H](n4cnc5c(=O)[nH]c(N)nc54)O[C@@H]3COP([O-])(=S)OC(C)C)O2)c(=O)[nH]c1=O. The number of aryl methyl sites for hydroxylation is 2. The fourth-order valence-corrected chi connectivity index (χ4v) is 20.7. The van der Waals surface area contributed by atoms with E-state index in [1.807, 2.05) is 13.8 Å². The van der Waals surface area contributed by atoms with Gasteiger partial charge in [-0.05, 0) is 52.0 Å². The Bertz CT molecular complexity index is 5280. The molecule has 10 N–H and O–H groups in total. The molecular weight excluding hydrogens is 1660 g/mol. The average molecular weight is 1730 g/mol. The van der Waals surface area contributed by atoms with E-state index < -0.39 is 191 Å². The quantitative estimate of drug-likeness (QED) is 0.0221. The first-order valence-corrected chi connectivity index (χ1v) is 46.9. The zero-order valence-electron chi connectivity index (χ0n) is 57.9. The largest absolute Gasteiger partial charge is 0.780 e. The van der Waals surface area contributed by atoms with Crippen molar-refractivity contribution in [3.63, 3.8) is 0 Å². The molecular formula is C55H71N17O26P5S6-5. The van der Waals surface area contributed by atoms with Crippen molar-refractivity contribution in [2.45, 2.75) is 166 Å². The van der Waals surface area contributed by atoms with Gasteiger partial charge in [0.1, 0.15) is 81.5 Å². The van der Waals surface area contributed by atoms with Crippen molar-refractivity contribution in [2.24, 2.45) is 11.8 Å². The van der Waals surface area contributed by atoms with Crippen LogP contribution < -0.4 is 71.2 Å². The number of hydrogen-bond donors (Lipinski definition) is 7. The molecule has 7 aromatic heterocycles. The number of H-pyrrole nitrogens is 4. The lowest BCUT2D eigenvalue weighted by Crippen LogP contribution is -2.34. The first-order chi connectivity index (χ1) is 51.2. The van der Waals surface area contributed by atoms with Gasteiger partial charge in [-0.3, -0.25) is 66.5 Å². The third-order valence-electron chi connectivity index (χ3n) is 17.8. The molecule has 109 heavy (non-hydrogen) atoms. The Morgan fingerprint density at radius 1 is 0.523 bits per heavy atom. The van der Waals surface area contributed by atoms with E-state index in [4.69, 9.17) is 158 Å². The highest BCUT2D eigenvalue weighted by Gasteiger charge is 2.47. The molecule has 12 heterocycles. The molecule has 10 unspecified atom stereocenters. The fourth-order valence-electron chi connectivity index (χ4n) is 12.8. The number of fused-ring (bicyclic) bond motifs is 2. The molecule has 5 aliphatic rings. The second kappa shape index (κ2) is 33.5. The number of imidazole rings is 2. The number of nitrogens with two attached hydrogens (primary N) is 3. The third kappa shape index (κ3) is 20.1. The Balaban J connectivity index is 0.758. The number of nitrogens with zero attached hydrogens (tertiary/aromatic N) is 10. The summed E-state index contributed by atoms with van der Waals surface area (Å²) in [7, 11) is 0. The van der Waals surface area contributed by atoms with Crippen molar-refractivity contribution in [1.29, 1.82) is 0 Å². The van der Waals surface area contributed by atoms with Crippen LogP contribution in [-0.2, 0) is 145 Å². The standard InChI is InChI=1S/C55H76N17O26P5S6/c1-23(2)27-9-38(68-8-7-37(56)61-53(68)77)89-32(27)16-84-100(81,105)95-28-10-39(69-14-25(5)47(73)66-54(69)78)90-33(28)17-86-102(83,107)97-30-12-41(71-21-59-43-45(71)62-51(57)64-49(43)75)92-34(30)18-87-101(82,106)96-29-11-40(70-15-26(6)48(74)67-55(70)79)91-36(29)20-88-103(108,109)98-31-13-42(93-35(31)19-85-99(80,104)94-24(3)4)72-22-60-44-46(72)63-52(58)65-50(44)76/h7-8,14-15,21-24,27-36,38-42H,9-13,16-20H2,1-6H3,(H,80,104)(H,81,105)(H,82,106)(H,83,107)(H,108,109)(H2,56,61,77)(H,66,73,78)(H,67,74,79)(H3,57,62,64,75)(H3,58,63,65,76)/p-5/t27?,28?,29?,30?,31?,32-,33-,34-,35-,36-,38-,39-,40-,41-,42-,99?,100?,101?,102?/m1/s1. The van der Waals surface area contributed by atoms with Crippen LogP contribution in [0.4, 0.5) is 17.7 Å². The normalized spacial score (nSPS) is 28.8. The molecule has 598 valence electrons. The highest BCUT2D eigenvalue weighted by Crippen LogP contribution is 2.56. The first-order valence-electron chi connectivity index (χ1n) is 33.1. The van der Waals surface area contributed by atoms with Crippen LogP contribution in [0, 0.1) is 25.7 Å². The van der Waals surface area contributed by atoms with E-state index in [0.717, 1.165) is 9.13 Å². The van der Waals surface area contributed by atoms with E-state index in [-0.39, 0.29) is 95.3 Å². The van der Waals surface area contributed by atoms with Crippen molar-refractivity contribution in [1.82, 2.24) is 67.7 Å². The van der Waals surface area contributed by atoms with Gasteiger partial charge in [0.2, 0.25) is 11.9 Å². The predicted octanol–water partition coefficient (Wildman–Crippen LogP) is -0.0872. The zero-order valence-corrected chi connectivity index (χ0v) is 67.2. The van der Waals surface area contributed by atoms with Crippen molar-refractivity contribution in [3.8, 4) is 0 Å². The molecule has 0 aliphatic carbocycles. The van der Waals surface area contributed by atoms with Crippen LogP contribution in [0.25, 0.3) is 22.3 Å².